The maximum absolute atomic E-state index is 13.8. The zero-order valence-electron chi connectivity index (χ0n) is 11.8. The third-order valence-electron chi connectivity index (χ3n) is 3.67. The highest BCUT2D eigenvalue weighted by molar-refractivity contribution is 7.89. The van der Waals surface area contributed by atoms with Gasteiger partial charge in [0.15, 0.2) is 0 Å². The van der Waals surface area contributed by atoms with E-state index in [2.05, 4.69) is 5.16 Å². The molecule has 1 atom stereocenters. The summed E-state index contributed by atoms with van der Waals surface area (Å²) in [5.74, 6) is -1.20. The molecular weight excluding hydrogens is 314 g/mol. The number of halogens is 2. The molecule has 118 valence electrons. The number of rotatable bonds is 3. The van der Waals surface area contributed by atoms with Gasteiger partial charge in [-0.1, -0.05) is 5.16 Å². The van der Waals surface area contributed by atoms with Crippen LogP contribution in [-0.4, -0.2) is 24.4 Å². The molecule has 0 unspecified atom stereocenters. The van der Waals surface area contributed by atoms with Crippen molar-refractivity contribution in [3.8, 4) is 0 Å². The largest absolute Gasteiger partial charge is 0.361 e. The first kappa shape index (κ1) is 15.1. The Morgan fingerprint density at radius 3 is 2.77 bits per heavy atom. The van der Waals surface area contributed by atoms with Gasteiger partial charge in [0.05, 0.1) is 6.04 Å². The molecule has 0 aliphatic carbocycles. The fourth-order valence-corrected chi connectivity index (χ4v) is 4.41. The molecule has 1 fully saturated rings. The molecule has 0 spiro atoms. The van der Waals surface area contributed by atoms with Gasteiger partial charge in [-0.05, 0) is 38.0 Å². The van der Waals surface area contributed by atoms with E-state index in [-0.39, 0.29) is 6.54 Å². The molecule has 1 aliphatic heterocycles. The van der Waals surface area contributed by atoms with Crippen LogP contribution < -0.4 is 0 Å². The van der Waals surface area contributed by atoms with Crippen LogP contribution in [0, 0.1) is 18.6 Å². The predicted molar refractivity (Wildman–Crippen MR) is 73.5 cm³/mol. The van der Waals surface area contributed by atoms with Gasteiger partial charge >= 0.3 is 0 Å². The maximum atomic E-state index is 13.8. The minimum absolute atomic E-state index is 0.231. The van der Waals surface area contributed by atoms with Gasteiger partial charge in [-0.2, -0.15) is 4.31 Å². The van der Waals surface area contributed by atoms with E-state index in [0.717, 1.165) is 16.4 Å². The first-order valence-electron chi connectivity index (χ1n) is 6.80. The molecule has 5 nitrogen and oxygen atoms in total. The first-order chi connectivity index (χ1) is 10.4. The molecule has 1 saturated heterocycles. The van der Waals surface area contributed by atoms with Crippen molar-refractivity contribution in [2.24, 2.45) is 0 Å². The van der Waals surface area contributed by atoms with Crippen molar-refractivity contribution < 1.29 is 21.7 Å². The standard InChI is InChI=1S/C14H14F2N2O3S/c1-9-7-12(17-21-9)13-3-2-6-18(13)22(19,20)14-8-10(15)4-5-11(14)16/h4-5,7-8,13H,2-3,6H2,1H3/t13-/m0/s1. The molecule has 0 N–H and O–H groups in total. The molecule has 1 aliphatic rings. The number of benzene rings is 1. The Labute approximate surface area is 126 Å². The second kappa shape index (κ2) is 5.44. The van der Waals surface area contributed by atoms with Crippen LogP contribution >= 0.6 is 0 Å². The fourth-order valence-electron chi connectivity index (χ4n) is 2.67. The first-order valence-corrected chi connectivity index (χ1v) is 8.24. The van der Waals surface area contributed by atoms with Crippen LogP contribution in [0.2, 0.25) is 0 Å². The Kier molecular flexibility index (Phi) is 3.73. The highest BCUT2D eigenvalue weighted by Gasteiger charge is 2.39. The van der Waals surface area contributed by atoms with Crippen LogP contribution in [0.5, 0.6) is 0 Å². The van der Waals surface area contributed by atoms with Crippen molar-refractivity contribution >= 4 is 10.0 Å². The van der Waals surface area contributed by atoms with Crippen molar-refractivity contribution in [2.75, 3.05) is 6.54 Å². The third-order valence-corrected chi connectivity index (χ3v) is 5.59. The topological polar surface area (TPSA) is 63.4 Å². The number of hydrogen-bond donors (Lipinski definition) is 0. The highest BCUT2D eigenvalue weighted by Crippen LogP contribution is 2.36. The summed E-state index contributed by atoms with van der Waals surface area (Å²) in [5, 5.41) is 3.85. The van der Waals surface area contributed by atoms with E-state index in [1.807, 2.05) is 0 Å². The lowest BCUT2D eigenvalue weighted by Gasteiger charge is -2.22. The molecule has 3 rings (SSSR count). The zero-order chi connectivity index (χ0) is 15.9. The zero-order valence-corrected chi connectivity index (χ0v) is 12.6. The maximum Gasteiger partial charge on any atom is 0.246 e. The summed E-state index contributed by atoms with van der Waals surface area (Å²) in [6, 6.07) is 3.53. The van der Waals surface area contributed by atoms with E-state index in [1.54, 1.807) is 13.0 Å². The van der Waals surface area contributed by atoms with Gasteiger partial charge in [0, 0.05) is 12.6 Å². The van der Waals surface area contributed by atoms with Gasteiger partial charge in [-0.15, -0.1) is 0 Å². The molecule has 0 amide bonds. The quantitative estimate of drug-likeness (QED) is 0.869. The van der Waals surface area contributed by atoms with Gasteiger partial charge in [0.1, 0.15) is 28.0 Å². The van der Waals surface area contributed by atoms with E-state index in [0.29, 0.717) is 30.4 Å². The summed E-state index contributed by atoms with van der Waals surface area (Å²) in [5.41, 5.74) is 0.482. The van der Waals surface area contributed by atoms with Crippen LogP contribution in [0.4, 0.5) is 8.78 Å². The summed E-state index contributed by atoms with van der Waals surface area (Å²) in [6.45, 7) is 1.94. The smallest absolute Gasteiger partial charge is 0.246 e. The Morgan fingerprint density at radius 2 is 2.09 bits per heavy atom. The van der Waals surface area contributed by atoms with Crippen LogP contribution in [0.3, 0.4) is 0 Å². The van der Waals surface area contributed by atoms with Crippen molar-refractivity contribution in [1.82, 2.24) is 9.46 Å². The normalized spacial score (nSPS) is 19.7. The molecule has 0 bridgehead atoms. The summed E-state index contributed by atoms with van der Waals surface area (Å²) < 4.78 is 58.6. The minimum Gasteiger partial charge on any atom is -0.361 e. The fraction of sp³-hybridized carbons (Fsp3) is 0.357. The lowest BCUT2D eigenvalue weighted by molar-refractivity contribution is 0.348. The van der Waals surface area contributed by atoms with Gasteiger partial charge in [-0.25, -0.2) is 17.2 Å². The van der Waals surface area contributed by atoms with Crippen LogP contribution in [-0.2, 0) is 10.0 Å². The molecule has 2 heterocycles. The predicted octanol–water partition coefficient (Wildman–Crippen LogP) is 2.79. The molecule has 0 radical (unpaired) electrons. The van der Waals surface area contributed by atoms with Crippen LogP contribution in [0.25, 0.3) is 0 Å². The molecule has 22 heavy (non-hydrogen) atoms. The Morgan fingerprint density at radius 1 is 1.32 bits per heavy atom. The minimum atomic E-state index is -4.14. The van der Waals surface area contributed by atoms with E-state index in [1.165, 1.54) is 0 Å². The summed E-state index contributed by atoms with van der Waals surface area (Å²) in [6.07, 6.45) is 1.18. The SMILES string of the molecule is Cc1cc([C@@H]2CCCN2S(=O)(=O)c2cc(F)ccc2F)no1. The van der Waals surface area contributed by atoms with Gasteiger partial charge in [0.25, 0.3) is 0 Å². The average molecular weight is 328 g/mol. The van der Waals surface area contributed by atoms with E-state index in [9.17, 15) is 17.2 Å². The van der Waals surface area contributed by atoms with Gasteiger partial charge in [0.2, 0.25) is 10.0 Å². The molecule has 8 heteroatoms. The summed E-state index contributed by atoms with van der Waals surface area (Å²) in [7, 11) is -4.14. The summed E-state index contributed by atoms with van der Waals surface area (Å²) >= 11 is 0. The molecular formula is C14H14F2N2O3S. The van der Waals surface area contributed by atoms with Gasteiger partial charge in [-0.3, -0.25) is 0 Å². The number of hydrogen-bond acceptors (Lipinski definition) is 4. The highest BCUT2D eigenvalue weighted by atomic mass is 32.2. The van der Waals surface area contributed by atoms with E-state index >= 15 is 0 Å². The third kappa shape index (κ3) is 2.52. The molecule has 0 saturated carbocycles. The van der Waals surface area contributed by atoms with Gasteiger partial charge < -0.3 is 4.52 Å². The van der Waals surface area contributed by atoms with Crippen molar-refractivity contribution in [3.05, 3.63) is 47.4 Å². The Balaban J connectivity index is 2.02. The second-order valence-electron chi connectivity index (χ2n) is 5.21. The second-order valence-corrected chi connectivity index (χ2v) is 7.07. The Bertz CT molecular complexity index is 804. The molecule has 1 aromatic carbocycles. The Hall–Kier alpha value is -1.80. The number of aromatic nitrogens is 1. The van der Waals surface area contributed by atoms with E-state index < -0.39 is 32.6 Å². The van der Waals surface area contributed by atoms with Crippen molar-refractivity contribution in [1.29, 1.82) is 0 Å². The lowest BCUT2D eigenvalue weighted by atomic mass is 10.1. The van der Waals surface area contributed by atoms with Crippen LogP contribution in [0.1, 0.15) is 30.3 Å². The number of aryl methyl sites for hydroxylation is 1. The monoisotopic (exact) mass is 328 g/mol. The van der Waals surface area contributed by atoms with E-state index in [4.69, 9.17) is 4.52 Å². The van der Waals surface area contributed by atoms with Crippen molar-refractivity contribution in [3.63, 3.8) is 0 Å². The van der Waals surface area contributed by atoms with Crippen LogP contribution in [0.15, 0.2) is 33.7 Å². The molecule has 1 aromatic heterocycles. The van der Waals surface area contributed by atoms with Crippen molar-refractivity contribution in [2.45, 2.75) is 30.7 Å². The average Bonchev–Trinajstić information content (AvgIpc) is 3.09. The summed E-state index contributed by atoms with van der Waals surface area (Å²) in [4.78, 5) is -0.653. The number of sulfonamides is 1. The number of nitrogens with zero attached hydrogens (tertiary/aromatic N) is 2. The lowest BCUT2D eigenvalue weighted by Crippen LogP contribution is -2.31. The molecule has 2 aromatic rings.